The van der Waals surface area contributed by atoms with Crippen molar-refractivity contribution in [3.63, 3.8) is 0 Å². The molecule has 0 spiro atoms. The van der Waals surface area contributed by atoms with E-state index in [-0.39, 0.29) is 6.10 Å². The maximum absolute atomic E-state index is 6.13. The van der Waals surface area contributed by atoms with Gasteiger partial charge in [-0.2, -0.15) is 0 Å². The molecular formula is C13H17Cl2NO. The number of benzene rings is 1. The van der Waals surface area contributed by atoms with E-state index in [1.807, 2.05) is 12.1 Å². The third kappa shape index (κ3) is 3.06. The van der Waals surface area contributed by atoms with Crippen molar-refractivity contribution in [3.8, 4) is 5.75 Å². The number of hydrogen-bond acceptors (Lipinski definition) is 2. The number of halogens is 2. The first-order valence-electron chi connectivity index (χ1n) is 6.03. The highest BCUT2D eigenvalue weighted by molar-refractivity contribution is 6.42. The standard InChI is InChI=1S/C13H17Cl2NO/c1-2-11(9-6-7-16-8-9)17-12-5-3-4-10(14)13(12)15/h3-5,9,11,16H,2,6-8H2,1H3/t9-,11+/m0/s1. The van der Waals surface area contributed by atoms with Gasteiger partial charge in [0.1, 0.15) is 16.9 Å². The van der Waals surface area contributed by atoms with Gasteiger partial charge in [-0.25, -0.2) is 0 Å². The zero-order valence-corrected chi connectivity index (χ0v) is 11.4. The van der Waals surface area contributed by atoms with E-state index in [2.05, 4.69) is 12.2 Å². The summed E-state index contributed by atoms with van der Waals surface area (Å²) in [5.41, 5.74) is 0. The summed E-state index contributed by atoms with van der Waals surface area (Å²) in [6.07, 6.45) is 2.35. The highest BCUT2D eigenvalue weighted by Crippen LogP contribution is 2.33. The zero-order chi connectivity index (χ0) is 12.3. The number of ether oxygens (including phenoxy) is 1. The number of nitrogens with one attached hydrogen (secondary N) is 1. The van der Waals surface area contributed by atoms with E-state index in [1.165, 1.54) is 0 Å². The molecule has 94 valence electrons. The predicted octanol–water partition coefficient (Wildman–Crippen LogP) is 3.76. The van der Waals surface area contributed by atoms with Crippen LogP contribution < -0.4 is 10.1 Å². The first-order chi connectivity index (χ1) is 8.22. The van der Waals surface area contributed by atoms with Crippen molar-refractivity contribution in [2.75, 3.05) is 13.1 Å². The molecule has 0 aliphatic carbocycles. The topological polar surface area (TPSA) is 21.3 Å². The summed E-state index contributed by atoms with van der Waals surface area (Å²) >= 11 is 12.1. The Bertz CT molecular complexity index is 378. The molecule has 1 N–H and O–H groups in total. The monoisotopic (exact) mass is 273 g/mol. The van der Waals surface area contributed by atoms with E-state index in [4.69, 9.17) is 27.9 Å². The smallest absolute Gasteiger partial charge is 0.139 e. The summed E-state index contributed by atoms with van der Waals surface area (Å²) in [6.45, 7) is 4.24. The van der Waals surface area contributed by atoms with Crippen LogP contribution in [0, 0.1) is 5.92 Å². The molecule has 1 fully saturated rings. The van der Waals surface area contributed by atoms with E-state index in [9.17, 15) is 0 Å². The molecule has 1 saturated heterocycles. The molecule has 2 nitrogen and oxygen atoms in total. The van der Waals surface area contributed by atoms with Gasteiger partial charge in [0.25, 0.3) is 0 Å². The fourth-order valence-corrected chi connectivity index (χ4v) is 2.58. The molecule has 4 heteroatoms. The molecule has 2 atom stereocenters. The third-order valence-electron chi connectivity index (χ3n) is 3.22. The molecule has 1 aliphatic rings. The second-order valence-corrected chi connectivity index (χ2v) is 5.15. The predicted molar refractivity (Wildman–Crippen MR) is 72.1 cm³/mol. The van der Waals surface area contributed by atoms with Gasteiger partial charge in [0, 0.05) is 12.5 Å². The highest BCUT2D eigenvalue weighted by atomic mass is 35.5. The van der Waals surface area contributed by atoms with Crippen LogP contribution in [0.5, 0.6) is 5.75 Å². The van der Waals surface area contributed by atoms with E-state index < -0.39 is 0 Å². The van der Waals surface area contributed by atoms with Gasteiger partial charge in [-0.1, -0.05) is 36.2 Å². The first kappa shape index (κ1) is 13.0. The van der Waals surface area contributed by atoms with Gasteiger partial charge < -0.3 is 10.1 Å². The van der Waals surface area contributed by atoms with Gasteiger partial charge in [-0.05, 0) is 31.5 Å². The lowest BCUT2D eigenvalue weighted by Crippen LogP contribution is -2.28. The van der Waals surface area contributed by atoms with E-state index >= 15 is 0 Å². The quantitative estimate of drug-likeness (QED) is 0.902. The van der Waals surface area contributed by atoms with Crippen molar-refractivity contribution in [1.29, 1.82) is 0 Å². The minimum atomic E-state index is 0.209. The molecule has 0 bridgehead atoms. The normalized spacial score (nSPS) is 21.5. The highest BCUT2D eigenvalue weighted by Gasteiger charge is 2.25. The average molecular weight is 274 g/mol. The Morgan fingerprint density at radius 3 is 2.94 bits per heavy atom. The molecule has 0 radical (unpaired) electrons. The van der Waals surface area contributed by atoms with Gasteiger partial charge >= 0.3 is 0 Å². The lowest BCUT2D eigenvalue weighted by Gasteiger charge is -2.23. The maximum atomic E-state index is 6.13. The van der Waals surface area contributed by atoms with Gasteiger partial charge in [0.05, 0.1) is 5.02 Å². The second kappa shape index (κ2) is 5.94. The van der Waals surface area contributed by atoms with Gasteiger partial charge in [0.15, 0.2) is 0 Å². The van der Waals surface area contributed by atoms with Crippen LogP contribution in [0.15, 0.2) is 18.2 Å². The molecule has 1 heterocycles. The van der Waals surface area contributed by atoms with E-state index in [0.717, 1.165) is 25.9 Å². The lowest BCUT2D eigenvalue weighted by atomic mass is 9.99. The van der Waals surface area contributed by atoms with Crippen molar-refractivity contribution >= 4 is 23.2 Å². The Kier molecular flexibility index (Phi) is 4.55. The molecule has 2 rings (SSSR count). The van der Waals surface area contributed by atoms with Crippen LogP contribution >= 0.6 is 23.2 Å². The van der Waals surface area contributed by atoms with Crippen molar-refractivity contribution in [3.05, 3.63) is 28.2 Å². The molecule has 0 amide bonds. The van der Waals surface area contributed by atoms with Crippen molar-refractivity contribution < 1.29 is 4.74 Å². The van der Waals surface area contributed by atoms with Crippen LogP contribution in [0.2, 0.25) is 10.0 Å². The van der Waals surface area contributed by atoms with Crippen LogP contribution in [-0.2, 0) is 0 Å². The summed E-state index contributed by atoms with van der Waals surface area (Å²) in [5.74, 6) is 1.26. The van der Waals surface area contributed by atoms with E-state index in [0.29, 0.717) is 21.7 Å². The Hall–Kier alpha value is -0.440. The summed E-state index contributed by atoms with van der Waals surface area (Å²) in [4.78, 5) is 0. The van der Waals surface area contributed by atoms with Crippen LogP contribution in [0.3, 0.4) is 0 Å². The summed E-state index contributed by atoms with van der Waals surface area (Å²) in [7, 11) is 0. The summed E-state index contributed by atoms with van der Waals surface area (Å²) in [5, 5.41) is 4.42. The van der Waals surface area contributed by atoms with Crippen LogP contribution in [0.1, 0.15) is 19.8 Å². The molecular weight excluding hydrogens is 257 g/mol. The fourth-order valence-electron chi connectivity index (χ4n) is 2.25. The van der Waals surface area contributed by atoms with Crippen molar-refractivity contribution in [2.45, 2.75) is 25.9 Å². The van der Waals surface area contributed by atoms with Gasteiger partial charge in [-0.15, -0.1) is 0 Å². The largest absolute Gasteiger partial charge is 0.488 e. The lowest BCUT2D eigenvalue weighted by molar-refractivity contribution is 0.138. The molecule has 0 saturated carbocycles. The molecule has 0 unspecified atom stereocenters. The summed E-state index contributed by atoms with van der Waals surface area (Å²) < 4.78 is 6.00. The second-order valence-electron chi connectivity index (χ2n) is 4.37. The minimum absolute atomic E-state index is 0.209. The van der Waals surface area contributed by atoms with Crippen molar-refractivity contribution in [1.82, 2.24) is 5.32 Å². The molecule has 1 aromatic carbocycles. The molecule has 0 aromatic heterocycles. The minimum Gasteiger partial charge on any atom is -0.488 e. The SMILES string of the molecule is CC[C@@H](Oc1cccc(Cl)c1Cl)[C@H]1CCNC1. The number of rotatable bonds is 4. The fraction of sp³-hybridized carbons (Fsp3) is 0.538. The molecule has 1 aromatic rings. The Morgan fingerprint density at radius 2 is 2.29 bits per heavy atom. The van der Waals surface area contributed by atoms with Crippen LogP contribution in [0.25, 0.3) is 0 Å². The van der Waals surface area contributed by atoms with Gasteiger partial charge in [0.2, 0.25) is 0 Å². The number of hydrogen-bond donors (Lipinski definition) is 1. The Morgan fingerprint density at radius 1 is 1.47 bits per heavy atom. The van der Waals surface area contributed by atoms with Crippen molar-refractivity contribution in [2.24, 2.45) is 5.92 Å². The van der Waals surface area contributed by atoms with E-state index in [1.54, 1.807) is 6.07 Å². The van der Waals surface area contributed by atoms with Crippen LogP contribution in [0.4, 0.5) is 0 Å². The zero-order valence-electron chi connectivity index (χ0n) is 9.88. The molecule has 1 aliphatic heterocycles. The average Bonchev–Trinajstić information content (AvgIpc) is 2.85. The van der Waals surface area contributed by atoms with Crippen LogP contribution in [-0.4, -0.2) is 19.2 Å². The Balaban J connectivity index is 2.09. The van der Waals surface area contributed by atoms with Gasteiger partial charge in [-0.3, -0.25) is 0 Å². The molecule has 17 heavy (non-hydrogen) atoms. The Labute approximate surface area is 112 Å². The first-order valence-corrected chi connectivity index (χ1v) is 6.79. The summed E-state index contributed by atoms with van der Waals surface area (Å²) in [6, 6.07) is 5.51. The third-order valence-corrected chi connectivity index (χ3v) is 4.02. The maximum Gasteiger partial charge on any atom is 0.139 e.